The lowest BCUT2D eigenvalue weighted by Gasteiger charge is -2.09. The number of rotatable bonds is 2. The van der Waals surface area contributed by atoms with E-state index in [0.717, 1.165) is 11.1 Å². The summed E-state index contributed by atoms with van der Waals surface area (Å²) in [6.45, 7) is 0. The monoisotopic (exact) mass is 328 g/mol. The molecule has 3 rings (SSSR count). The van der Waals surface area contributed by atoms with Gasteiger partial charge in [-0.3, -0.25) is 3.97 Å². The highest BCUT2D eigenvalue weighted by Gasteiger charge is 2.34. The Kier molecular flexibility index (Phi) is 3.59. The van der Waals surface area contributed by atoms with E-state index in [1.807, 2.05) is 30.3 Å². The number of benzene rings is 1. The maximum Gasteiger partial charge on any atom is 0.419 e. The van der Waals surface area contributed by atoms with Crippen LogP contribution in [0.1, 0.15) is 5.56 Å². The third-order valence-corrected chi connectivity index (χ3v) is 4.25. The molecule has 0 aliphatic carbocycles. The van der Waals surface area contributed by atoms with Crippen LogP contribution < -0.4 is 0 Å². The van der Waals surface area contributed by atoms with Crippen molar-refractivity contribution in [1.29, 1.82) is 0 Å². The molecule has 2 aromatic heterocycles. The summed E-state index contributed by atoms with van der Waals surface area (Å²) in [7, 11) is 0. The van der Waals surface area contributed by atoms with Crippen LogP contribution in [0.5, 0.6) is 0 Å². The SMILES string of the molecule is FC(F)(F)c1cnc2c(ccn2Sc2ccccc2)c1Cl. The summed E-state index contributed by atoms with van der Waals surface area (Å²) in [4.78, 5) is 4.85. The average molecular weight is 329 g/mol. The first-order valence-corrected chi connectivity index (χ1v) is 7.08. The molecular formula is C14H8ClF3N2S. The second-order valence-corrected chi connectivity index (χ2v) is 5.69. The van der Waals surface area contributed by atoms with Crippen LogP contribution >= 0.6 is 23.5 Å². The second kappa shape index (κ2) is 5.27. The Morgan fingerprint density at radius 2 is 1.81 bits per heavy atom. The van der Waals surface area contributed by atoms with Crippen molar-refractivity contribution in [1.82, 2.24) is 8.96 Å². The molecule has 1 aromatic carbocycles. The van der Waals surface area contributed by atoms with Crippen molar-refractivity contribution in [3.05, 3.63) is 59.4 Å². The Morgan fingerprint density at radius 3 is 2.48 bits per heavy atom. The van der Waals surface area contributed by atoms with Gasteiger partial charge in [0, 0.05) is 22.7 Å². The molecule has 0 amide bonds. The molecule has 0 atom stereocenters. The Balaban J connectivity index is 2.06. The summed E-state index contributed by atoms with van der Waals surface area (Å²) in [6.07, 6.45) is -2.08. The van der Waals surface area contributed by atoms with Gasteiger partial charge >= 0.3 is 6.18 Å². The molecule has 0 bridgehead atoms. The Hall–Kier alpha value is -1.66. The number of pyridine rings is 1. The molecule has 0 N–H and O–H groups in total. The second-order valence-electron chi connectivity index (χ2n) is 4.27. The fourth-order valence-electron chi connectivity index (χ4n) is 1.90. The highest BCUT2D eigenvalue weighted by atomic mass is 35.5. The largest absolute Gasteiger partial charge is 0.419 e. The smallest absolute Gasteiger partial charge is 0.271 e. The zero-order chi connectivity index (χ0) is 15.0. The molecule has 0 saturated heterocycles. The Labute approximate surface area is 127 Å². The van der Waals surface area contributed by atoms with Crippen LogP contribution in [0, 0.1) is 0 Å². The minimum absolute atomic E-state index is 0.287. The zero-order valence-electron chi connectivity index (χ0n) is 10.4. The first-order chi connectivity index (χ1) is 9.97. The van der Waals surface area contributed by atoms with Crippen LogP contribution in [0.15, 0.2) is 53.7 Å². The van der Waals surface area contributed by atoms with Crippen LogP contribution in [-0.4, -0.2) is 8.96 Å². The minimum Gasteiger partial charge on any atom is -0.271 e. The first kappa shape index (κ1) is 14.3. The number of hydrogen-bond acceptors (Lipinski definition) is 2. The van der Waals surface area contributed by atoms with Gasteiger partial charge in [-0.15, -0.1) is 0 Å². The third-order valence-electron chi connectivity index (χ3n) is 2.87. The molecule has 0 fully saturated rings. The van der Waals surface area contributed by atoms with Gasteiger partial charge in [-0.2, -0.15) is 13.2 Å². The van der Waals surface area contributed by atoms with Crippen molar-refractivity contribution in [3.8, 4) is 0 Å². The van der Waals surface area contributed by atoms with Crippen LogP contribution in [0.25, 0.3) is 11.0 Å². The molecule has 2 heterocycles. The van der Waals surface area contributed by atoms with Gasteiger partial charge in [-0.1, -0.05) is 29.8 Å². The maximum absolute atomic E-state index is 12.8. The van der Waals surface area contributed by atoms with Gasteiger partial charge in [0.05, 0.1) is 10.6 Å². The van der Waals surface area contributed by atoms with Crippen molar-refractivity contribution < 1.29 is 13.2 Å². The van der Waals surface area contributed by atoms with Gasteiger partial charge in [-0.05, 0) is 30.1 Å². The lowest BCUT2D eigenvalue weighted by Crippen LogP contribution is -2.06. The zero-order valence-corrected chi connectivity index (χ0v) is 12.0. The number of halogens is 4. The van der Waals surface area contributed by atoms with Gasteiger partial charge < -0.3 is 0 Å². The molecule has 0 spiro atoms. The summed E-state index contributed by atoms with van der Waals surface area (Å²) in [5, 5.41) is -0.0326. The fourth-order valence-corrected chi connectivity index (χ4v) is 3.06. The van der Waals surface area contributed by atoms with Crippen molar-refractivity contribution in [2.45, 2.75) is 11.1 Å². The topological polar surface area (TPSA) is 17.8 Å². The lowest BCUT2D eigenvalue weighted by atomic mass is 10.2. The van der Waals surface area contributed by atoms with E-state index in [2.05, 4.69) is 4.98 Å². The van der Waals surface area contributed by atoms with Gasteiger partial charge in [0.2, 0.25) is 0 Å². The molecule has 0 unspecified atom stereocenters. The van der Waals surface area contributed by atoms with Crippen molar-refractivity contribution in [2.24, 2.45) is 0 Å². The van der Waals surface area contributed by atoms with Gasteiger partial charge in [-0.25, -0.2) is 4.98 Å². The molecule has 7 heteroatoms. The summed E-state index contributed by atoms with van der Waals surface area (Å²) in [5.41, 5.74) is -0.513. The molecule has 3 aromatic rings. The quantitative estimate of drug-likeness (QED) is 0.638. The Bertz CT molecular complexity index is 784. The van der Waals surface area contributed by atoms with E-state index in [-0.39, 0.29) is 10.4 Å². The predicted molar refractivity (Wildman–Crippen MR) is 77.4 cm³/mol. The van der Waals surface area contributed by atoms with E-state index in [1.54, 1.807) is 10.2 Å². The summed E-state index contributed by atoms with van der Waals surface area (Å²) >= 11 is 7.22. The van der Waals surface area contributed by atoms with Crippen LogP contribution in [0.2, 0.25) is 5.02 Å². The number of alkyl halides is 3. The van der Waals surface area contributed by atoms with Crippen LogP contribution in [0.4, 0.5) is 13.2 Å². The fraction of sp³-hybridized carbons (Fsp3) is 0.0714. The predicted octanol–water partition coefficient (Wildman–Crippen LogP) is 5.26. The van der Waals surface area contributed by atoms with E-state index < -0.39 is 11.7 Å². The maximum atomic E-state index is 12.8. The number of fused-ring (bicyclic) bond motifs is 1. The number of nitrogens with zero attached hydrogens (tertiary/aromatic N) is 2. The summed E-state index contributed by atoms with van der Waals surface area (Å²) < 4.78 is 40.1. The molecule has 0 aliphatic rings. The lowest BCUT2D eigenvalue weighted by molar-refractivity contribution is -0.137. The van der Waals surface area contributed by atoms with Crippen molar-refractivity contribution in [3.63, 3.8) is 0 Å². The molecule has 0 radical (unpaired) electrons. The third kappa shape index (κ3) is 2.73. The van der Waals surface area contributed by atoms with Gasteiger partial charge in [0.15, 0.2) is 5.65 Å². The van der Waals surface area contributed by atoms with E-state index >= 15 is 0 Å². The molecule has 2 nitrogen and oxygen atoms in total. The summed E-state index contributed by atoms with van der Waals surface area (Å²) in [6, 6.07) is 11.0. The summed E-state index contributed by atoms with van der Waals surface area (Å²) in [5.74, 6) is 0. The highest BCUT2D eigenvalue weighted by Crippen LogP contribution is 2.38. The van der Waals surface area contributed by atoms with E-state index in [4.69, 9.17) is 11.6 Å². The van der Waals surface area contributed by atoms with Crippen molar-refractivity contribution >= 4 is 34.6 Å². The molecular weight excluding hydrogens is 321 g/mol. The normalized spacial score (nSPS) is 12.0. The molecule has 0 saturated carbocycles. The van der Waals surface area contributed by atoms with E-state index in [9.17, 15) is 13.2 Å². The molecule has 0 aliphatic heterocycles. The van der Waals surface area contributed by atoms with E-state index in [1.165, 1.54) is 18.0 Å². The van der Waals surface area contributed by atoms with Crippen LogP contribution in [0.3, 0.4) is 0 Å². The minimum atomic E-state index is -4.51. The standard InChI is InChI=1S/C14H8ClF3N2S/c15-12-10-6-7-20(21-9-4-2-1-3-5-9)13(10)19-8-11(12)14(16,17)18/h1-8H. The number of aromatic nitrogens is 2. The molecule has 21 heavy (non-hydrogen) atoms. The van der Waals surface area contributed by atoms with Crippen LogP contribution in [-0.2, 0) is 6.18 Å². The van der Waals surface area contributed by atoms with Gasteiger partial charge in [0.25, 0.3) is 0 Å². The number of hydrogen-bond donors (Lipinski definition) is 0. The average Bonchev–Trinajstić information content (AvgIpc) is 2.83. The van der Waals surface area contributed by atoms with E-state index in [0.29, 0.717) is 5.65 Å². The Morgan fingerprint density at radius 1 is 1.10 bits per heavy atom. The van der Waals surface area contributed by atoms with Crippen molar-refractivity contribution in [2.75, 3.05) is 0 Å². The van der Waals surface area contributed by atoms with Gasteiger partial charge in [0.1, 0.15) is 0 Å². The molecule has 108 valence electrons. The first-order valence-electron chi connectivity index (χ1n) is 5.93. The highest BCUT2D eigenvalue weighted by molar-refractivity contribution is 7.98.